The van der Waals surface area contributed by atoms with Crippen molar-refractivity contribution in [1.82, 2.24) is 15.5 Å². The molecule has 1 aromatic rings. The summed E-state index contributed by atoms with van der Waals surface area (Å²) in [6, 6.07) is 10.3. The van der Waals surface area contributed by atoms with Crippen molar-refractivity contribution in [1.29, 1.82) is 0 Å². The molecule has 2 aliphatic rings. The van der Waals surface area contributed by atoms with E-state index in [9.17, 15) is 9.59 Å². The molecule has 1 atom stereocenters. The molecule has 150 valence electrons. The number of nitrogens with zero attached hydrogens (tertiary/aromatic N) is 1. The second kappa shape index (κ2) is 11.3. The molecule has 2 fully saturated rings. The molecule has 6 heteroatoms. The lowest BCUT2D eigenvalue weighted by molar-refractivity contribution is -0.138. The molecule has 1 unspecified atom stereocenters. The van der Waals surface area contributed by atoms with E-state index >= 15 is 0 Å². The van der Waals surface area contributed by atoms with Gasteiger partial charge in [-0.2, -0.15) is 0 Å². The zero-order valence-corrected chi connectivity index (χ0v) is 16.8. The van der Waals surface area contributed by atoms with Gasteiger partial charge in [-0.25, -0.2) is 0 Å². The predicted molar refractivity (Wildman–Crippen MR) is 110 cm³/mol. The van der Waals surface area contributed by atoms with Crippen LogP contribution in [0.4, 0.5) is 0 Å². The van der Waals surface area contributed by atoms with Crippen molar-refractivity contribution in [2.75, 3.05) is 19.6 Å². The van der Waals surface area contributed by atoms with Gasteiger partial charge in [0.25, 0.3) is 0 Å². The molecule has 2 N–H and O–H groups in total. The van der Waals surface area contributed by atoms with Crippen molar-refractivity contribution < 1.29 is 9.59 Å². The molecule has 5 nitrogen and oxygen atoms in total. The van der Waals surface area contributed by atoms with E-state index in [-0.39, 0.29) is 36.7 Å². The molecule has 0 bridgehead atoms. The Morgan fingerprint density at radius 1 is 1.15 bits per heavy atom. The van der Waals surface area contributed by atoms with Gasteiger partial charge in [0.2, 0.25) is 11.8 Å². The summed E-state index contributed by atoms with van der Waals surface area (Å²) >= 11 is 0. The van der Waals surface area contributed by atoms with Crippen molar-refractivity contribution in [2.24, 2.45) is 0 Å². The number of rotatable bonds is 7. The van der Waals surface area contributed by atoms with Gasteiger partial charge in [-0.05, 0) is 31.2 Å². The molecule has 1 heterocycles. The van der Waals surface area contributed by atoms with Crippen LogP contribution in [0.5, 0.6) is 0 Å². The highest BCUT2D eigenvalue weighted by Crippen LogP contribution is 2.17. The maximum atomic E-state index is 12.7. The van der Waals surface area contributed by atoms with E-state index in [2.05, 4.69) is 22.8 Å². The normalized spacial score (nSPS) is 20.8. The van der Waals surface area contributed by atoms with Crippen LogP contribution in [-0.4, -0.2) is 48.4 Å². The van der Waals surface area contributed by atoms with E-state index in [1.807, 2.05) is 23.1 Å². The summed E-state index contributed by atoms with van der Waals surface area (Å²) in [5.74, 6) is 0.0805. The number of carbonyl (C=O) groups is 2. The Balaban J connectivity index is 0.00000261. The van der Waals surface area contributed by atoms with Crippen LogP contribution in [0.2, 0.25) is 0 Å². The van der Waals surface area contributed by atoms with Crippen LogP contribution < -0.4 is 10.6 Å². The number of hydrogen-bond donors (Lipinski definition) is 2. The highest BCUT2D eigenvalue weighted by Gasteiger charge is 2.30. The van der Waals surface area contributed by atoms with Crippen molar-refractivity contribution in [3.63, 3.8) is 0 Å². The SMILES string of the molecule is Cl.O=C(CC1NCCN(CCCc2ccccc2)C1=O)NC1CCCCC1. The third-order valence-electron chi connectivity index (χ3n) is 5.48. The van der Waals surface area contributed by atoms with Gasteiger partial charge in [0, 0.05) is 25.7 Å². The number of nitrogens with one attached hydrogen (secondary N) is 2. The Morgan fingerprint density at radius 2 is 1.89 bits per heavy atom. The number of halogens is 1. The van der Waals surface area contributed by atoms with Gasteiger partial charge < -0.3 is 15.5 Å². The lowest BCUT2D eigenvalue weighted by Crippen LogP contribution is -2.56. The molecule has 0 radical (unpaired) electrons. The molecule has 1 aliphatic heterocycles. The average molecular weight is 394 g/mol. The number of hydrogen-bond acceptors (Lipinski definition) is 3. The summed E-state index contributed by atoms with van der Waals surface area (Å²) in [6.07, 6.45) is 7.99. The number of piperazine rings is 1. The summed E-state index contributed by atoms with van der Waals surface area (Å²) in [5.41, 5.74) is 1.30. The molecular formula is C21H32ClN3O2. The Morgan fingerprint density at radius 3 is 2.63 bits per heavy atom. The summed E-state index contributed by atoms with van der Waals surface area (Å²) in [4.78, 5) is 26.9. The standard InChI is InChI=1S/C21H31N3O2.ClH/c25-20(23-18-11-5-2-6-12-18)16-19-21(26)24(15-13-22-19)14-7-10-17-8-3-1-4-9-17;/h1,3-4,8-9,18-19,22H,2,5-7,10-16H2,(H,23,25);1H. The highest BCUT2D eigenvalue weighted by molar-refractivity contribution is 5.89. The maximum Gasteiger partial charge on any atom is 0.240 e. The number of aryl methyl sites for hydroxylation is 1. The summed E-state index contributed by atoms with van der Waals surface area (Å²) in [5, 5.41) is 6.34. The summed E-state index contributed by atoms with van der Waals surface area (Å²) in [7, 11) is 0. The third-order valence-corrected chi connectivity index (χ3v) is 5.48. The first-order valence-corrected chi connectivity index (χ1v) is 10.1. The summed E-state index contributed by atoms with van der Waals surface area (Å²) < 4.78 is 0. The Kier molecular flexibility index (Phi) is 9.08. The van der Waals surface area contributed by atoms with E-state index in [0.29, 0.717) is 6.04 Å². The molecule has 0 spiro atoms. The van der Waals surface area contributed by atoms with Crippen molar-refractivity contribution >= 4 is 24.2 Å². The van der Waals surface area contributed by atoms with Crippen LogP contribution in [0.25, 0.3) is 0 Å². The smallest absolute Gasteiger partial charge is 0.240 e. The number of carbonyl (C=O) groups excluding carboxylic acids is 2. The fourth-order valence-corrected chi connectivity index (χ4v) is 4.01. The van der Waals surface area contributed by atoms with Gasteiger partial charge in [-0.15, -0.1) is 12.4 Å². The molecule has 27 heavy (non-hydrogen) atoms. The number of benzene rings is 1. The zero-order chi connectivity index (χ0) is 18.2. The van der Waals surface area contributed by atoms with E-state index in [4.69, 9.17) is 0 Å². The van der Waals surface area contributed by atoms with Gasteiger partial charge in [0.15, 0.2) is 0 Å². The molecular weight excluding hydrogens is 362 g/mol. The Bertz CT molecular complexity index is 590. The van der Waals surface area contributed by atoms with Crippen LogP contribution in [0.1, 0.15) is 50.5 Å². The fourth-order valence-electron chi connectivity index (χ4n) is 4.01. The van der Waals surface area contributed by atoms with Gasteiger partial charge in [0.1, 0.15) is 0 Å². The first kappa shape index (κ1) is 21.7. The van der Waals surface area contributed by atoms with Crippen LogP contribution in [0.3, 0.4) is 0 Å². The Hall–Kier alpha value is -1.59. The van der Waals surface area contributed by atoms with Crippen LogP contribution >= 0.6 is 12.4 Å². The molecule has 1 aromatic carbocycles. The molecule has 0 aromatic heterocycles. The van der Waals surface area contributed by atoms with E-state index < -0.39 is 0 Å². The zero-order valence-electron chi connectivity index (χ0n) is 16.0. The second-order valence-electron chi connectivity index (χ2n) is 7.53. The molecule has 1 saturated heterocycles. The van der Waals surface area contributed by atoms with Crippen LogP contribution in [-0.2, 0) is 16.0 Å². The van der Waals surface area contributed by atoms with Crippen molar-refractivity contribution in [3.8, 4) is 0 Å². The average Bonchev–Trinajstić information content (AvgIpc) is 2.66. The van der Waals surface area contributed by atoms with Crippen molar-refractivity contribution in [2.45, 2.75) is 63.5 Å². The van der Waals surface area contributed by atoms with Crippen molar-refractivity contribution in [3.05, 3.63) is 35.9 Å². The lowest BCUT2D eigenvalue weighted by atomic mass is 9.95. The van der Waals surface area contributed by atoms with Gasteiger partial charge in [-0.1, -0.05) is 49.6 Å². The minimum atomic E-state index is -0.371. The monoisotopic (exact) mass is 393 g/mol. The molecule has 1 aliphatic carbocycles. The van der Waals surface area contributed by atoms with E-state index in [1.165, 1.54) is 24.8 Å². The maximum absolute atomic E-state index is 12.7. The van der Waals surface area contributed by atoms with E-state index in [1.54, 1.807) is 0 Å². The lowest BCUT2D eigenvalue weighted by Gasteiger charge is -2.33. The van der Waals surface area contributed by atoms with Crippen LogP contribution in [0.15, 0.2) is 30.3 Å². The Labute approximate surface area is 168 Å². The highest BCUT2D eigenvalue weighted by atomic mass is 35.5. The van der Waals surface area contributed by atoms with Crippen LogP contribution in [0, 0.1) is 0 Å². The molecule has 2 amide bonds. The summed E-state index contributed by atoms with van der Waals surface area (Å²) in [6.45, 7) is 2.25. The fraction of sp³-hybridized carbons (Fsp3) is 0.619. The quantitative estimate of drug-likeness (QED) is 0.748. The largest absolute Gasteiger partial charge is 0.353 e. The second-order valence-corrected chi connectivity index (χ2v) is 7.53. The molecule has 3 rings (SSSR count). The minimum Gasteiger partial charge on any atom is -0.353 e. The minimum absolute atomic E-state index is 0. The number of amides is 2. The third kappa shape index (κ3) is 6.82. The van der Waals surface area contributed by atoms with Gasteiger partial charge in [-0.3, -0.25) is 9.59 Å². The first-order valence-electron chi connectivity index (χ1n) is 10.1. The topological polar surface area (TPSA) is 61.4 Å². The molecule has 1 saturated carbocycles. The van der Waals surface area contributed by atoms with Gasteiger partial charge >= 0.3 is 0 Å². The van der Waals surface area contributed by atoms with E-state index in [0.717, 1.165) is 45.3 Å². The predicted octanol–water partition coefficient (Wildman–Crippen LogP) is 2.68. The first-order chi connectivity index (χ1) is 12.7. The van der Waals surface area contributed by atoms with Gasteiger partial charge in [0.05, 0.1) is 12.5 Å².